The number of hydrogen-bond donors (Lipinski definition) is 1. The summed E-state index contributed by atoms with van der Waals surface area (Å²) in [6.45, 7) is 0.350. The fourth-order valence-electron chi connectivity index (χ4n) is 1.96. The third-order valence-corrected chi connectivity index (χ3v) is 2.82. The number of hydrogen-bond acceptors (Lipinski definition) is 3. The molecule has 5 heteroatoms. The Morgan fingerprint density at radius 1 is 1.26 bits per heavy atom. The Labute approximate surface area is 110 Å². The summed E-state index contributed by atoms with van der Waals surface area (Å²) in [5, 5.41) is 2.95. The molecule has 0 spiro atoms. The maximum Gasteiger partial charge on any atom is 0.131 e. The van der Waals surface area contributed by atoms with Gasteiger partial charge in [-0.2, -0.15) is 0 Å². The molecule has 0 amide bonds. The molecule has 1 N–H and O–H groups in total. The van der Waals surface area contributed by atoms with Crippen LogP contribution in [-0.4, -0.2) is 14.2 Å². The van der Waals surface area contributed by atoms with Crippen molar-refractivity contribution < 1.29 is 17.9 Å². The molecule has 0 aliphatic rings. The van der Waals surface area contributed by atoms with E-state index in [1.807, 2.05) is 0 Å². The first-order valence-electron chi connectivity index (χ1n) is 5.85. The molecule has 0 fully saturated rings. The van der Waals surface area contributed by atoms with Crippen LogP contribution in [0.1, 0.15) is 23.1 Å². The monoisotopic (exact) mass is 267 g/mol. The Morgan fingerprint density at radius 3 is 2.68 bits per heavy atom. The van der Waals surface area contributed by atoms with Gasteiger partial charge in [0.15, 0.2) is 0 Å². The highest BCUT2D eigenvalue weighted by atomic mass is 19.1. The molecule has 1 unspecified atom stereocenters. The van der Waals surface area contributed by atoms with Crippen molar-refractivity contribution in [3.8, 4) is 0 Å². The smallest absolute Gasteiger partial charge is 0.131 e. The molecule has 0 saturated carbocycles. The van der Waals surface area contributed by atoms with Gasteiger partial charge in [0.05, 0.1) is 6.04 Å². The summed E-state index contributed by atoms with van der Waals surface area (Å²) in [6.07, 6.45) is 0. The van der Waals surface area contributed by atoms with Gasteiger partial charge in [0.1, 0.15) is 29.8 Å². The molecule has 19 heavy (non-hydrogen) atoms. The van der Waals surface area contributed by atoms with Gasteiger partial charge >= 0.3 is 0 Å². The lowest BCUT2D eigenvalue weighted by atomic mass is 10.0. The number of furan rings is 1. The Bertz CT molecular complexity index is 554. The number of rotatable bonds is 5. The van der Waals surface area contributed by atoms with E-state index in [4.69, 9.17) is 9.15 Å². The molecule has 0 aliphatic carbocycles. The Morgan fingerprint density at radius 2 is 2.05 bits per heavy atom. The molecule has 1 heterocycles. The van der Waals surface area contributed by atoms with Crippen LogP contribution < -0.4 is 5.32 Å². The van der Waals surface area contributed by atoms with E-state index in [1.54, 1.807) is 26.3 Å². The van der Waals surface area contributed by atoms with E-state index in [-0.39, 0.29) is 0 Å². The number of benzene rings is 1. The molecule has 2 aromatic rings. The van der Waals surface area contributed by atoms with E-state index in [2.05, 4.69) is 5.32 Å². The molecule has 1 aromatic heterocycles. The lowest BCUT2D eigenvalue weighted by Gasteiger charge is -2.15. The zero-order valence-corrected chi connectivity index (χ0v) is 10.7. The average Bonchev–Trinajstić information content (AvgIpc) is 2.82. The van der Waals surface area contributed by atoms with E-state index in [1.165, 1.54) is 12.1 Å². The molecule has 0 bridgehead atoms. The average molecular weight is 267 g/mol. The van der Waals surface area contributed by atoms with Crippen molar-refractivity contribution >= 4 is 0 Å². The van der Waals surface area contributed by atoms with Crippen LogP contribution in [0.3, 0.4) is 0 Å². The minimum atomic E-state index is -0.607. The number of methoxy groups -OCH3 is 1. The Hall–Kier alpha value is -1.72. The first kappa shape index (κ1) is 13.7. The number of ether oxygens (including phenoxy) is 1. The zero-order valence-electron chi connectivity index (χ0n) is 10.7. The van der Waals surface area contributed by atoms with Gasteiger partial charge in [0.2, 0.25) is 0 Å². The van der Waals surface area contributed by atoms with Gasteiger partial charge < -0.3 is 14.5 Å². The van der Waals surface area contributed by atoms with Crippen molar-refractivity contribution in [2.45, 2.75) is 12.6 Å². The summed E-state index contributed by atoms with van der Waals surface area (Å²) in [4.78, 5) is 0. The fraction of sp³-hybridized carbons (Fsp3) is 0.286. The third-order valence-electron chi connectivity index (χ3n) is 2.82. The van der Waals surface area contributed by atoms with Crippen LogP contribution in [0.5, 0.6) is 0 Å². The van der Waals surface area contributed by atoms with Gasteiger partial charge in [-0.05, 0) is 25.2 Å². The van der Waals surface area contributed by atoms with E-state index < -0.39 is 17.7 Å². The third kappa shape index (κ3) is 3.00. The standard InChI is InChI=1S/C14H15F2NO2/c1-17-14(11-5-3-9(15)7-12(11)16)13-6-4-10(19-13)8-18-2/h3-7,14,17H,8H2,1-2H3. The molecule has 1 aromatic carbocycles. The molecular formula is C14H15F2NO2. The van der Waals surface area contributed by atoms with Gasteiger partial charge in [0.25, 0.3) is 0 Å². The van der Waals surface area contributed by atoms with Gasteiger partial charge in [-0.15, -0.1) is 0 Å². The summed E-state index contributed by atoms with van der Waals surface area (Å²) in [5.41, 5.74) is 0.335. The molecule has 2 rings (SSSR count). The van der Waals surface area contributed by atoms with Gasteiger partial charge in [-0.25, -0.2) is 8.78 Å². The van der Waals surface area contributed by atoms with Gasteiger partial charge in [-0.1, -0.05) is 6.07 Å². The molecule has 1 atom stereocenters. The van der Waals surface area contributed by atoms with Gasteiger partial charge in [-0.3, -0.25) is 0 Å². The number of halogens is 2. The molecule has 0 saturated heterocycles. The first-order valence-corrected chi connectivity index (χ1v) is 5.85. The van der Waals surface area contributed by atoms with Crippen LogP contribution in [0.15, 0.2) is 34.7 Å². The van der Waals surface area contributed by atoms with Crippen molar-refractivity contribution in [1.29, 1.82) is 0 Å². The van der Waals surface area contributed by atoms with Crippen LogP contribution in [0, 0.1) is 11.6 Å². The lowest BCUT2D eigenvalue weighted by Crippen LogP contribution is -2.18. The molecule has 0 aliphatic heterocycles. The van der Waals surface area contributed by atoms with E-state index >= 15 is 0 Å². The largest absolute Gasteiger partial charge is 0.462 e. The summed E-state index contributed by atoms with van der Waals surface area (Å²) in [6, 6.07) is 6.54. The van der Waals surface area contributed by atoms with Crippen molar-refractivity contribution in [2.75, 3.05) is 14.2 Å². The van der Waals surface area contributed by atoms with E-state index in [0.29, 0.717) is 23.7 Å². The highest BCUT2D eigenvalue weighted by molar-refractivity contribution is 5.29. The first-order chi connectivity index (χ1) is 9.15. The Kier molecular flexibility index (Phi) is 4.29. The number of nitrogens with one attached hydrogen (secondary N) is 1. The molecule has 3 nitrogen and oxygen atoms in total. The van der Waals surface area contributed by atoms with E-state index in [9.17, 15) is 8.78 Å². The minimum absolute atomic E-state index is 0.335. The second-order valence-corrected chi connectivity index (χ2v) is 4.12. The minimum Gasteiger partial charge on any atom is -0.462 e. The Balaban J connectivity index is 2.32. The SMILES string of the molecule is CNC(c1ccc(COC)o1)c1ccc(F)cc1F. The summed E-state index contributed by atoms with van der Waals surface area (Å²) >= 11 is 0. The van der Waals surface area contributed by atoms with Crippen molar-refractivity contribution in [3.05, 3.63) is 59.1 Å². The van der Waals surface area contributed by atoms with Crippen LogP contribution in [-0.2, 0) is 11.3 Å². The van der Waals surface area contributed by atoms with Crippen LogP contribution >= 0.6 is 0 Å². The van der Waals surface area contributed by atoms with Crippen molar-refractivity contribution in [2.24, 2.45) is 0 Å². The van der Waals surface area contributed by atoms with Crippen LogP contribution in [0.4, 0.5) is 8.78 Å². The maximum atomic E-state index is 13.8. The topological polar surface area (TPSA) is 34.4 Å². The summed E-state index contributed by atoms with van der Waals surface area (Å²) < 4.78 is 37.2. The zero-order chi connectivity index (χ0) is 13.8. The molecular weight excluding hydrogens is 252 g/mol. The molecule has 102 valence electrons. The maximum absolute atomic E-state index is 13.8. The quantitative estimate of drug-likeness (QED) is 0.904. The summed E-state index contributed by atoms with van der Waals surface area (Å²) in [7, 11) is 3.25. The fourth-order valence-corrected chi connectivity index (χ4v) is 1.96. The van der Waals surface area contributed by atoms with Crippen molar-refractivity contribution in [1.82, 2.24) is 5.32 Å². The van der Waals surface area contributed by atoms with Crippen LogP contribution in [0.2, 0.25) is 0 Å². The summed E-state index contributed by atoms with van der Waals surface area (Å²) in [5.74, 6) is -0.00000972. The molecule has 0 radical (unpaired) electrons. The second kappa shape index (κ2) is 5.95. The second-order valence-electron chi connectivity index (χ2n) is 4.12. The predicted molar refractivity (Wildman–Crippen MR) is 66.7 cm³/mol. The van der Waals surface area contributed by atoms with Crippen molar-refractivity contribution in [3.63, 3.8) is 0 Å². The van der Waals surface area contributed by atoms with Crippen LogP contribution in [0.25, 0.3) is 0 Å². The normalized spacial score (nSPS) is 12.6. The lowest BCUT2D eigenvalue weighted by molar-refractivity contribution is 0.162. The highest BCUT2D eigenvalue weighted by Crippen LogP contribution is 2.26. The highest BCUT2D eigenvalue weighted by Gasteiger charge is 2.20. The van der Waals surface area contributed by atoms with E-state index in [0.717, 1.165) is 6.07 Å². The van der Waals surface area contributed by atoms with Gasteiger partial charge in [0, 0.05) is 18.7 Å². The predicted octanol–water partition coefficient (Wildman–Crippen LogP) is 3.01.